The van der Waals surface area contributed by atoms with Gasteiger partial charge in [0.15, 0.2) is 0 Å². The first-order chi connectivity index (χ1) is 11.2. The first-order valence-electron chi connectivity index (χ1n) is 7.68. The number of hydrogen-bond donors (Lipinski definition) is 2. The van der Waals surface area contributed by atoms with Crippen LogP contribution < -0.4 is 5.32 Å². The molecule has 0 fully saturated rings. The molecule has 1 heterocycles. The van der Waals surface area contributed by atoms with Gasteiger partial charge in [-0.2, -0.15) is 0 Å². The van der Waals surface area contributed by atoms with Gasteiger partial charge < -0.3 is 10.3 Å². The standard InChI is InChI=1S/C18H18ClN3O/c1-2-5-16(17-20-14-6-3-4-7-15(14)21-17)22-18(23)12-8-10-13(19)11-9-12/h3-4,6-11,16H,2,5H2,1H3,(H,20,21)(H,22,23). The molecule has 1 atom stereocenters. The fourth-order valence-electron chi connectivity index (χ4n) is 2.55. The third kappa shape index (κ3) is 3.54. The molecular formula is C18H18ClN3O. The first kappa shape index (κ1) is 15.6. The zero-order valence-electron chi connectivity index (χ0n) is 12.8. The second kappa shape index (κ2) is 6.84. The zero-order valence-corrected chi connectivity index (χ0v) is 13.6. The van der Waals surface area contributed by atoms with Crippen LogP contribution in [0.3, 0.4) is 0 Å². The lowest BCUT2D eigenvalue weighted by molar-refractivity contribution is 0.0933. The second-order valence-corrected chi connectivity index (χ2v) is 5.90. The predicted molar refractivity (Wildman–Crippen MR) is 92.7 cm³/mol. The van der Waals surface area contributed by atoms with Crippen molar-refractivity contribution in [3.63, 3.8) is 0 Å². The van der Waals surface area contributed by atoms with Crippen molar-refractivity contribution in [2.24, 2.45) is 0 Å². The lowest BCUT2D eigenvalue weighted by Crippen LogP contribution is -2.29. The van der Waals surface area contributed by atoms with E-state index in [0.717, 1.165) is 29.7 Å². The molecule has 2 N–H and O–H groups in total. The summed E-state index contributed by atoms with van der Waals surface area (Å²) in [6, 6.07) is 14.6. The van der Waals surface area contributed by atoms with E-state index in [1.807, 2.05) is 24.3 Å². The summed E-state index contributed by atoms with van der Waals surface area (Å²) < 4.78 is 0. The summed E-state index contributed by atoms with van der Waals surface area (Å²) in [6.07, 6.45) is 1.77. The Kier molecular flexibility index (Phi) is 4.63. The van der Waals surface area contributed by atoms with E-state index >= 15 is 0 Å². The molecule has 118 valence electrons. The first-order valence-corrected chi connectivity index (χ1v) is 8.06. The maximum Gasteiger partial charge on any atom is 0.251 e. The van der Waals surface area contributed by atoms with Crippen molar-refractivity contribution in [2.75, 3.05) is 0 Å². The minimum Gasteiger partial charge on any atom is -0.342 e. The number of para-hydroxylation sites is 2. The molecule has 0 radical (unpaired) electrons. The second-order valence-electron chi connectivity index (χ2n) is 5.46. The maximum atomic E-state index is 12.4. The lowest BCUT2D eigenvalue weighted by atomic mass is 10.1. The largest absolute Gasteiger partial charge is 0.342 e. The van der Waals surface area contributed by atoms with E-state index in [0.29, 0.717) is 10.6 Å². The fourth-order valence-corrected chi connectivity index (χ4v) is 2.67. The van der Waals surface area contributed by atoms with Gasteiger partial charge in [-0.25, -0.2) is 4.98 Å². The number of nitrogens with one attached hydrogen (secondary N) is 2. The molecule has 0 saturated heterocycles. The van der Waals surface area contributed by atoms with Gasteiger partial charge in [-0.05, 0) is 42.8 Å². The maximum absolute atomic E-state index is 12.4. The Morgan fingerprint density at radius 3 is 2.65 bits per heavy atom. The van der Waals surface area contributed by atoms with Crippen molar-refractivity contribution in [1.29, 1.82) is 0 Å². The number of benzene rings is 2. The van der Waals surface area contributed by atoms with Crippen LogP contribution in [0.25, 0.3) is 11.0 Å². The van der Waals surface area contributed by atoms with Gasteiger partial charge >= 0.3 is 0 Å². The number of hydrogen-bond acceptors (Lipinski definition) is 2. The van der Waals surface area contributed by atoms with E-state index in [4.69, 9.17) is 11.6 Å². The van der Waals surface area contributed by atoms with Gasteiger partial charge in [0.25, 0.3) is 5.91 Å². The molecule has 0 aliphatic heterocycles. The summed E-state index contributed by atoms with van der Waals surface area (Å²) in [6.45, 7) is 2.09. The van der Waals surface area contributed by atoms with Gasteiger partial charge in [-0.1, -0.05) is 37.1 Å². The van der Waals surface area contributed by atoms with E-state index in [2.05, 4.69) is 22.2 Å². The fraction of sp³-hybridized carbons (Fsp3) is 0.222. The van der Waals surface area contributed by atoms with Crippen LogP contribution in [0.1, 0.15) is 42.0 Å². The molecule has 0 bridgehead atoms. The number of H-pyrrole nitrogens is 1. The third-order valence-electron chi connectivity index (χ3n) is 3.73. The quantitative estimate of drug-likeness (QED) is 0.725. The van der Waals surface area contributed by atoms with Crippen molar-refractivity contribution >= 4 is 28.5 Å². The van der Waals surface area contributed by atoms with Crippen molar-refractivity contribution in [2.45, 2.75) is 25.8 Å². The Hall–Kier alpha value is -2.33. The number of aromatic amines is 1. The van der Waals surface area contributed by atoms with Gasteiger partial charge in [0.1, 0.15) is 5.82 Å². The number of fused-ring (bicyclic) bond motifs is 1. The molecule has 1 aromatic heterocycles. The highest BCUT2D eigenvalue weighted by molar-refractivity contribution is 6.30. The number of amides is 1. The van der Waals surface area contributed by atoms with Crippen molar-refractivity contribution in [3.05, 3.63) is 64.9 Å². The molecule has 4 nitrogen and oxygen atoms in total. The Bertz CT molecular complexity index is 778. The summed E-state index contributed by atoms with van der Waals surface area (Å²) in [5.74, 6) is 0.663. The van der Waals surface area contributed by atoms with E-state index < -0.39 is 0 Å². The summed E-state index contributed by atoms with van der Waals surface area (Å²) in [5.41, 5.74) is 2.47. The minimum atomic E-state index is -0.143. The van der Waals surface area contributed by atoms with Gasteiger partial charge in [0.2, 0.25) is 0 Å². The molecule has 1 unspecified atom stereocenters. The van der Waals surface area contributed by atoms with Crippen LogP contribution in [0, 0.1) is 0 Å². The minimum absolute atomic E-state index is 0.124. The number of rotatable bonds is 5. The average molecular weight is 328 g/mol. The topological polar surface area (TPSA) is 57.8 Å². The number of imidazole rings is 1. The lowest BCUT2D eigenvalue weighted by Gasteiger charge is -2.16. The Morgan fingerprint density at radius 2 is 1.96 bits per heavy atom. The number of halogens is 1. The smallest absolute Gasteiger partial charge is 0.251 e. The van der Waals surface area contributed by atoms with Crippen LogP contribution in [-0.4, -0.2) is 15.9 Å². The van der Waals surface area contributed by atoms with Crippen LogP contribution >= 0.6 is 11.6 Å². The van der Waals surface area contributed by atoms with Gasteiger partial charge in [0.05, 0.1) is 17.1 Å². The van der Waals surface area contributed by atoms with Crippen LogP contribution in [0.4, 0.5) is 0 Å². The molecule has 23 heavy (non-hydrogen) atoms. The molecular weight excluding hydrogens is 310 g/mol. The van der Waals surface area contributed by atoms with Crippen molar-refractivity contribution in [1.82, 2.24) is 15.3 Å². The molecule has 1 amide bonds. The molecule has 0 aliphatic carbocycles. The molecule has 2 aromatic carbocycles. The summed E-state index contributed by atoms with van der Waals surface area (Å²) in [4.78, 5) is 20.3. The molecule has 3 rings (SSSR count). The van der Waals surface area contributed by atoms with E-state index in [1.165, 1.54) is 0 Å². The van der Waals surface area contributed by atoms with E-state index in [9.17, 15) is 4.79 Å². The number of carbonyl (C=O) groups excluding carboxylic acids is 1. The van der Waals surface area contributed by atoms with Gasteiger partial charge in [-0.15, -0.1) is 0 Å². The number of carbonyl (C=O) groups is 1. The number of aromatic nitrogens is 2. The van der Waals surface area contributed by atoms with Gasteiger partial charge in [-0.3, -0.25) is 4.79 Å². The highest BCUT2D eigenvalue weighted by Gasteiger charge is 2.18. The average Bonchev–Trinajstić information content (AvgIpc) is 2.99. The summed E-state index contributed by atoms with van der Waals surface area (Å²) >= 11 is 5.87. The Balaban J connectivity index is 1.83. The van der Waals surface area contributed by atoms with Crippen molar-refractivity contribution in [3.8, 4) is 0 Å². The predicted octanol–water partition coefficient (Wildman–Crippen LogP) is 4.49. The molecule has 0 saturated carbocycles. The highest BCUT2D eigenvalue weighted by atomic mass is 35.5. The zero-order chi connectivity index (χ0) is 16.2. The normalized spacial score (nSPS) is 12.3. The molecule has 0 aliphatic rings. The molecule has 0 spiro atoms. The summed E-state index contributed by atoms with van der Waals surface area (Å²) in [7, 11) is 0. The van der Waals surface area contributed by atoms with Crippen LogP contribution in [0.15, 0.2) is 48.5 Å². The van der Waals surface area contributed by atoms with Crippen molar-refractivity contribution < 1.29 is 4.79 Å². The SMILES string of the molecule is CCCC(NC(=O)c1ccc(Cl)cc1)c1nc2ccccc2[nH]1. The monoisotopic (exact) mass is 327 g/mol. The Morgan fingerprint density at radius 1 is 1.22 bits per heavy atom. The molecule has 3 aromatic rings. The summed E-state index contributed by atoms with van der Waals surface area (Å²) in [5, 5.41) is 3.67. The van der Waals surface area contributed by atoms with E-state index in [-0.39, 0.29) is 11.9 Å². The number of nitrogens with zero attached hydrogens (tertiary/aromatic N) is 1. The molecule has 5 heteroatoms. The van der Waals surface area contributed by atoms with Crippen LogP contribution in [-0.2, 0) is 0 Å². The Labute approximate surface area is 139 Å². The van der Waals surface area contributed by atoms with Gasteiger partial charge in [0, 0.05) is 10.6 Å². The third-order valence-corrected chi connectivity index (χ3v) is 3.98. The van der Waals surface area contributed by atoms with Crippen LogP contribution in [0.2, 0.25) is 5.02 Å². The van der Waals surface area contributed by atoms with Crippen LogP contribution in [0.5, 0.6) is 0 Å². The highest BCUT2D eigenvalue weighted by Crippen LogP contribution is 2.20. The van der Waals surface area contributed by atoms with E-state index in [1.54, 1.807) is 24.3 Å².